The lowest BCUT2D eigenvalue weighted by Gasteiger charge is -2.14. The van der Waals surface area contributed by atoms with E-state index >= 15 is 0 Å². The Hall–Kier alpha value is -3.36. The van der Waals surface area contributed by atoms with Crippen molar-refractivity contribution in [3.8, 4) is 11.6 Å². The van der Waals surface area contributed by atoms with Crippen LogP contribution < -0.4 is 9.64 Å². The van der Waals surface area contributed by atoms with Crippen molar-refractivity contribution in [1.29, 1.82) is 0 Å². The molecule has 4 rings (SSSR count). The van der Waals surface area contributed by atoms with Crippen molar-refractivity contribution >= 4 is 11.8 Å². The largest absolute Gasteiger partial charge is 0.471 e. The maximum absolute atomic E-state index is 14.4. The van der Waals surface area contributed by atoms with Crippen molar-refractivity contribution in [1.82, 2.24) is 14.7 Å². The van der Waals surface area contributed by atoms with Crippen LogP contribution in [0.1, 0.15) is 0 Å². The summed E-state index contributed by atoms with van der Waals surface area (Å²) < 4.78 is 31.2. The Kier molecular flexibility index (Phi) is 3.81. The number of carbonyl (C=O) groups excluding carboxylic acids is 1. The minimum Gasteiger partial charge on any atom is -0.471 e. The van der Waals surface area contributed by atoms with E-state index in [1.165, 1.54) is 23.6 Å². The third-order valence-electron chi connectivity index (χ3n) is 3.73. The minimum absolute atomic E-state index is 0.129. The van der Waals surface area contributed by atoms with Crippen LogP contribution in [0.25, 0.3) is 5.69 Å². The molecule has 0 N–H and O–H groups in total. The molecule has 8 nitrogen and oxygen atoms in total. The zero-order chi connectivity index (χ0) is 17.2. The normalized spacial score (nSPS) is 16.9. The molecule has 2 aromatic heterocycles. The quantitative estimate of drug-likeness (QED) is 0.707. The van der Waals surface area contributed by atoms with Gasteiger partial charge < -0.3 is 18.6 Å². The van der Waals surface area contributed by atoms with Crippen molar-refractivity contribution < 1.29 is 23.2 Å². The van der Waals surface area contributed by atoms with Crippen molar-refractivity contribution in [2.24, 2.45) is 0 Å². The highest BCUT2D eigenvalue weighted by Gasteiger charge is 2.33. The number of rotatable bonds is 5. The number of benzene rings is 1. The Morgan fingerprint density at radius 2 is 2.28 bits per heavy atom. The second-order valence-electron chi connectivity index (χ2n) is 5.37. The van der Waals surface area contributed by atoms with Crippen molar-refractivity contribution in [3.63, 3.8) is 0 Å². The third-order valence-corrected chi connectivity index (χ3v) is 3.73. The standard InChI is InChI=1S/C16H13FN4O4/c17-13-7-11(1-2-14(13)20-5-4-18-10-20)21-8-12(25-16(21)22)9-23-15-3-6-24-19-15/h1-7,10,12H,8-9H2/t12-/m1/s1. The molecule has 0 saturated carbocycles. The van der Waals surface area contributed by atoms with E-state index in [-0.39, 0.29) is 13.2 Å². The zero-order valence-electron chi connectivity index (χ0n) is 12.9. The average molecular weight is 344 g/mol. The number of halogens is 1. The molecule has 0 aliphatic carbocycles. The molecule has 0 spiro atoms. The first-order chi connectivity index (χ1) is 12.2. The fourth-order valence-electron chi connectivity index (χ4n) is 2.55. The van der Waals surface area contributed by atoms with E-state index < -0.39 is 18.0 Å². The highest BCUT2D eigenvalue weighted by molar-refractivity contribution is 5.89. The van der Waals surface area contributed by atoms with E-state index in [4.69, 9.17) is 9.47 Å². The number of ether oxygens (including phenoxy) is 2. The molecule has 0 radical (unpaired) electrons. The Bertz CT molecular complexity index is 866. The van der Waals surface area contributed by atoms with Gasteiger partial charge in [0.05, 0.1) is 24.2 Å². The molecule has 1 aliphatic heterocycles. The Balaban J connectivity index is 1.46. The van der Waals surface area contributed by atoms with Crippen LogP contribution >= 0.6 is 0 Å². The van der Waals surface area contributed by atoms with Gasteiger partial charge in [-0.1, -0.05) is 0 Å². The number of amides is 1. The smallest absolute Gasteiger partial charge is 0.414 e. The van der Waals surface area contributed by atoms with Crippen molar-refractivity contribution in [2.75, 3.05) is 18.1 Å². The summed E-state index contributed by atoms with van der Waals surface area (Å²) in [5.41, 5.74) is 0.759. The number of aromatic nitrogens is 3. The van der Waals surface area contributed by atoms with Crippen LogP contribution in [0.15, 0.2) is 53.8 Å². The van der Waals surface area contributed by atoms with Crippen molar-refractivity contribution in [2.45, 2.75) is 6.10 Å². The maximum Gasteiger partial charge on any atom is 0.414 e. The van der Waals surface area contributed by atoms with Crippen LogP contribution in [0.5, 0.6) is 5.88 Å². The number of carbonyl (C=O) groups is 1. The van der Waals surface area contributed by atoms with E-state index in [1.54, 1.807) is 35.2 Å². The maximum atomic E-state index is 14.4. The summed E-state index contributed by atoms with van der Waals surface area (Å²) >= 11 is 0. The van der Waals surface area contributed by atoms with Gasteiger partial charge in [0, 0.05) is 18.5 Å². The number of cyclic esters (lactones) is 1. The number of anilines is 1. The van der Waals surface area contributed by atoms with E-state index in [0.29, 0.717) is 17.3 Å². The topological polar surface area (TPSA) is 82.6 Å². The lowest BCUT2D eigenvalue weighted by atomic mass is 10.2. The summed E-state index contributed by atoms with van der Waals surface area (Å²) in [4.78, 5) is 17.3. The Morgan fingerprint density at radius 1 is 1.36 bits per heavy atom. The summed E-state index contributed by atoms with van der Waals surface area (Å²) in [5, 5.41) is 3.61. The van der Waals surface area contributed by atoms with Gasteiger partial charge in [0.1, 0.15) is 18.7 Å². The molecule has 3 heterocycles. The van der Waals surface area contributed by atoms with E-state index in [0.717, 1.165) is 0 Å². The molecule has 1 fully saturated rings. The van der Waals surface area contributed by atoms with Crippen LogP contribution in [-0.4, -0.2) is 40.1 Å². The summed E-state index contributed by atoms with van der Waals surface area (Å²) in [6.07, 6.45) is 5.04. The molecule has 25 heavy (non-hydrogen) atoms. The summed E-state index contributed by atoms with van der Waals surface area (Å²) in [7, 11) is 0. The molecule has 0 unspecified atom stereocenters. The van der Waals surface area contributed by atoms with Gasteiger partial charge in [-0.15, -0.1) is 0 Å². The van der Waals surface area contributed by atoms with Crippen LogP contribution in [0.2, 0.25) is 0 Å². The molecule has 1 saturated heterocycles. The number of imidazole rings is 1. The van der Waals surface area contributed by atoms with Gasteiger partial charge in [-0.2, -0.15) is 0 Å². The fourth-order valence-corrected chi connectivity index (χ4v) is 2.55. The summed E-state index contributed by atoms with van der Waals surface area (Å²) in [6.45, 7) is 0.380. The first kappa shape index (κ1) is 15.2. The molecule has 1 atom stereocenters. The van der Waals surface area contributed by atoms with Crippen LogP contribution in [-0.2, 0) is 4.74 Å². The van der Waals surface area contributed by atoms with Crippen LogP contribution in [0.4, 0.5) is 14.9 Å². The fraction of sp³-hybridized carbons (Fsp3) is 0.188. The lowest BCUT2D eigenvalue weighted by molar-refractivity contribution is 0.102. The van der Waals surface area contributed by atoms with Gasteiger partial charge in [-0.05, 0) is 23.4 Å². The third kappa shape index (κ3) is 3.03. The Labute approximate surface area is 141 Å². The number of nitrogens with zero attached hydrogens (tertiary/aromatic N) is 4. The molecular formula is C16H13FN4O4. The van der Waals surface area contributed by atoms with Gasteiger partial charge in [0.15, 0.2) is 6.10 Å². The highest BCUT2D eigenvalue weighted by atomic mass is 19.1. The van der Waals surface area contributed by atoms with Gasteiger partial charge >= 0.3 is 6.09 Å². The summed E-state index contributed by atoms with van der Waals surface area (Å²) in [5.74, 6) is -0.157. The Morgan fingerprint density at radius 3 is 3.00 bits per heavy atom. The van der Waals surface area contributed by atoms with E-state index in [2.05, 4.69) is 14.7 Å². The number of hydrogen-bond donors (Lipinski definition) is 0. The molecule has 0 bridgehead atoms. The van der Waals surface area contributed by atoms with Gasteiger partial charge in [-0.3, -0.25) is 4.90 Å². The van der Waals surface area contributed by atoms with Crippen LogP contribution in [0, 0.1) is 5.82 Å². The monoisotopic (exact) mass is 344 g/mol. The first-order valence-corrected chi connectivity index (χ1v) is 7.50. The molecule has 1 amide bonds. The predicted octanol–water partition coefficient (Wildman–Crippen LogP) is 2.40. The average Bonchev–Trinajstić information content (AvgIpc) is 3.35. The van der Waals surface area contributed by atoms with Gasteiger partial charge in [0.25, 0.3) is 5.88 Å². The minimum atomic E-state index is -0.552. The van der Waals surface area contributed by atoms with Gasteiger partial charge in [-0.25, -0.2) is 14.2 Å². The molecule has 128 valence electrons. The number of hydrogen-bond acceptors (Lipinski definition) is 6. The van der Waals surface area contributed by atoms with Crippen molar-refractivity contribution in [3.05, 3.63) is 55.1 Å². The molecular weight excluding hydrogens is 331 g/mol. The SMILES string of the molecule is O=C1O[C@@H](COc2ccon2)CN1c1ccc(-n2ccnc2)c(F)c1. The van der Waals surface area contributed by atoms with E-state index in [1.807, 2.05) is 0 Å². The summed E-state index contributed by atoms with van der Waals surface area (Å²) in [6, 6.07) is 6.08. The molecule has 1 aromatic carbocycles. The zero-order valence-corrected chi connectivity index (χ0v) is 12.9. The second-order valence-corrected chi connectivity index (χ2v) is 5.37. The van der Waals surface area contributed by atoms with E-state index in [9.17, 15) is 9.18 Å². The predicted molar refractivity (Wildman–Crippen MR) is 83.1 cm³/mol. The highest BCUT2D eigenvalue weighted by Crippen LogP contribution is 2.25. The second kappa shape index (κ2) is 6.27. The lowest BCUT2D eigenvalue weighted by Crippen LogP contribution is -2.26. The first-order valence-electron chi connectivity index (χ1n) is 7.50. The van der Waals surface area contributed by atoms with Crippen LogP contribution in [0.3, 0.4) is 0 Å². The van der Waals surface area contributed by atoms with Gasteiger partial charge in [0.2, 0.25) is 0 Å². The molecule has 1 aliphatic rings. The molecule has 9 heteroatoms. The molecule has 3 aromatic rings.